The van der Waals surface area contributed by atoms with E-state index < -0.39 is 11.9 Å². The molecular weight excluding hydrogens is 552 g/mol. The summed E-state index contributed by atoms with van der Waals surface area (Å²) in [6.45, 7) is 0.686. The fraction of sp³-hybridized carbons (Fsp3) is 0.182. The molecule has 0 spiro atoms. The number of esters is 1. The van der Waals surface area contributed by atoms with E-state index in [0.717, 1.165) is 26.9 Å². The van der Waals surface area contributed by atoms with Gasteiger partial charge in [0.15, 0.2) is 0 Å². The molecule has 1 heterocycles. The summed E-state index contributed by atoms with van der Waals surface area (Å²) >= 11 is 1.18. The molecule has 0 radical (unpaired) electrons. The van der Waals surface area contributed by atoms with Gasteiger partial charge in [-0.1, -0.05) is 83.2 Å². The van der Waals surface area contributed by atoms with Gasteiger partial charge in [-0.05, 0) is 42.3 Å². The Balaban J connectivity index is 1.25. The minimum Gasteiger partial charge on any atom is -0.508 e. The number of hydrogen-bond acceptors (Lipinski definition) is 8. The van der Waals surface area contributed by atoms with E-state index in [1.165, 1.54) is 25.6 Å². The molecule has 0 bridgehead atoms. The van der Waals surface area contributed by atoms with E-state index in [1.54, 1.807) is 28.8 Å². The number of benzene rings is 4. The normalized spacial score (nSPS) is 12.2. The minimum absolute atomic E-state index is 0.0556. The molecule has 5 rings (SSSR count). The molecule has 0 aliphatic carbocycles. The Bertz CT molecular complexity index is 1760. The van der Waals surface area contributed by atoms with Gasteiger partial charge < -0.3 is 19.4 Å². The van der Waals surface area contributed by atoms with Gasteiger partial charge in [-0.2, -0.15) is 0 Å². The van der Waals surface area contributed by atoms with Crippen LogP contribution in [0.3, 0.4) is 0 Å². The molecule has 214 valence electrons. The van der Waals surface area contributed by atoms with Crippen LogP contribution in [0.25, 0.3) is 10.2 Å². The van der Waals surface area contributed by atoms with Crippen LogP contribution in [0.1, 0.15) is 28.2 Å². The third-order valence-corrected chi connectivity index (χ3v) is 7.86. The van der Waals surface area contributed by atoms with Crippen LogP contribution in [-0.4, -0.2) is 42.2 Å². The van der Waals surface area contributed by atoms with Gasteiger partial charge >= 0.3 is 10.8 Å². The summed E-state index contributed by atoms with van der Waals surface area (Å²) < 4.78 is 13.5. The topological polar surface area (TPSA) is 99.3 Å². The Morgan fingerprint density at radius 2 is 1.67 bits per heavy atom. The molecule has 0 aliphatic heterocycles. The number of carbonyl (C=O) groups excluding carboxylic acids is 1. The second-order valence-corrected chi connectivity index (χ2v) is 10.5. The molecule has 0 aliphatic rings. The predicted molar refractivity (Wildman–Crippen MR) is 164 cm³/mol. The zero-order valence-corrected chi connectivity index (χ0v) is 24.0. The fourth-order valence-electron chi connectivity index (χ4n) is 4.84. The number of phenolic OH excluding ortho intramolecular Hbond substituents is 1. The lowest BCUT2D eigenvalue weighted by Crippen LogP contribution is -2.18. The quantitative estimate of drug-likeness (QED) is 0.121. The van der Waals surface area contributed by atoms with Crippen molar-refractivity contribution in [2.75, 3.05) is 20.8 Å². The Morgan fingerprint density at radius 1 is 0.929 bits per heavy atom. The summed E-state index contributed by atoms with van der Waals surface area (Å²) in [6, 6.07) is 29.8. The highest BCUT2D eigenvalue weighted by molar-refractivity contribution is 7.16. The van der Waals surface area contributed by atoms with Crippen LogP contribution in [-0.2, 0) is 27.3 Å². The molecule has 9 heteroatoms. The second kappa shape index (κ2) is 13.2. The molecule has 0 saturated carbocycles. The molecule has 0 fully saturated rings. The summed E-state index contributed by atoms with van der Waals surface area (Å²) in [5, 5.41) is 14.5. The largest absolute Gasteiger partial charge is 0.508 e. The SMILES string of the molecule is CO/N=C(\c1ccccc1)c1ccc2c(c1)sc(=O)n2CCOc1ccc(CC(C(=O)OC)c2ccccc2O)cc1. The van der Waals surface area contributed by atoms with Crippen LogP contribution in [0.15, 0.2) is 107 Å². The summed E-state index contributed by atoms with van der Waals surface area (Å²) in [6.07, 6.45) is 0.365. The highest BCUT2D eigenvalue weighted by Gasteiger charge is 2.24. The lowest BCUT2D eigenvalue weighted by Gasteiger charge is -2.16. The van der Waals surface area contributed by atoms with E-state index in [-0.39, 0.29) is 10.6 Å². The van der Waals surface area contributed by atoms with Crippen molar-refractivity contribution in [3.05, 3.63) is 129 Å². The van der Waals surface area contributed by atoms with Gasteiger partial charge in [0.2, 0.25) is 0 Å². The van der Waals surface area contributed by atoms with Crippen LogP contribution in [0.5, 0.6) is 11.5 Å². The first-order valence-electron chi connectivity index (χ1n) is 13.4. The number of ether oxygens (including phenoxy) is 2. The maximum atomic E-state index is 12.8. The Morgan fingerprint density at radius 3 is 2.38 bits per heavy atom. The van der Waals surface area contributed by atoms with E-state index >= 15 is 0 Å². The molecule has 4 aromatic carbocycles. The Labute approximate surface area is 247 Å². The van der Waals surface area contributed by atoms with Gasteiger partial charge in [-0.3, -0.25) is 14.2 Å². The molecule has 0 amide bonds. The molecule has 1 atom stereocenters. The van der Waals surface area contributed by atoms with Crippen molar-refractivity contribution >= 4 is 33.2 Å². The third kappa shape index (κ3) is 6.37. The summed E-state index contributed by atoms with van der Waals surface area (Å²) in [5.41, 5.74) is 4.71. The van der Waals surface area contributed by atoms with Gasteiger partial charge in [-0.15, -0.1) is 0 Å². The van der Waals surface area contributed by atoms with Crippen LogP contribution in [0.2, 0.25) is 0 Å². The van der Waals surface area contributed by atoms with Crippen molar-refractivity contribution < 1.29 is 24.2 Å². The van der Waals surface area contributed by atoms with Crippen molar-refractivity contribution in [2.45, 2.75) is 18.9 Å². The zero-order valence-electron chi connectivity index (χ0n) is 23.2. The lowest BCUT2D eigenvalue weighted by molar-refractivity contribution is -0.142. The van der Waals surface area contributed by atoms with Crippen molar-refractivity contribution in [3.8, 4) is 11.5 Å². The van der Waals surface area contributed by atoms with Crippen LogP contribution in [0.4, 0.5) is 0 Å². The average Bonchev–Trinajstić information content (AvgIpc) is 3.33. The zero-order chi connectivity index (χ0) is 29.5. The van der Waals surface area contributed by atoms with Crippen molar-refractivity contribution in [1.29, 1.82) is 0 Å². The van der Waals surface area contributed by atoms with Crippen LogP contribution >= 0.6 is 11.3 Å². The maximum absolute atomic E-state index is 12.8. The third-order valence-electron chi connectivity index (χ3n) is 6.92. The second-order valence-electron chi connectivity index (χ2n) is 9.52. The summed E-state index contributed by atoms with van der Waals surface area (Å²) in [7, 11) is 2.85. The number of thiazole rings is 1. The number of methoxy groups -OCH3 is 1. The first kappa shape index (κ1) is 28.6. The van der Waals surface area contributed by atoms with Gasteiger partial charge in [0.05, 0.1) is 29.8 Å². The van der Waals surface area contributed by atoms with Gasteiger partial charge in [0, 0.05) is 16.7 Å². The molecule has 1 unspecified atom stereocenters. The first-order chi connectivity index (χ1) is 20.5. The van der Waals surface area contributed by atoms with Crippen molar-refractivity contribution in [3.63, 3.8) is 0 Å². The number of carbonyl (C=O) groups is 1. The summed E-state index contributed by atoms with van der Waals surface area (Å²) in [4.78, 5) is 30.3. The van der Waals surface area contributed by atoms with E-state index in [9.17, 15) is 14.7 Å². The molecule has 0 saturated heterocycles. The van der Waals surface area contributed by atoms with Gasteiger partial charge in [0.25, 0.3) is 0 Å². The maximum Gasteiger partial charge on any atom is 0.313 e. The number of oxime groups is 1. The molecular formula is C33H30N2O6S. The monoisotopic (exact) mass is 582 g/mol. The van der Waals surface area contributed by atoms with Crippen LogP contribution < -0.4 is 9.61 Å². The van der Waals surface area contributed by atoms with Gasteiger partial charge in [0.1, 0.15) is 30.9 Å². The highest BCUT2D eigenvalue weighted by atomic mass is 32.1. The first-order valence-corrected chi connectivity index (χ1v) is 14.2. The number of aromatic nitrogens is 1. The van der Waals surface area contributed by atoms with E-state index in [0.29, 0.717) is 36.6 Å². The standard InChI is InChI=1S/C33H30N2O6S/c1-39-32(37)27(26-10-6-7-11-29(26)36)20-22-12-15-25(16-13-22)41-19-18-35-28-17-14-24(21-30(28)42-33(35)38)31(34-40-2)23-8-4-3-5-9-23/h3-17,21,27,36H,18-20H2,1-2H3/b34-31+. The summed E-state index contributed by atoms with van der Waals surface area (Å²) in [5.74, 6) is -0.347. The van der Waals surface area contributed by atoms with Crippen molar-refractivity contribution in [1.82, 2.24) is 4.57 Å². The van der Waals surface area contributed by atoms with Crippen LogP contribution in [0, 0.1) is 0 Å². The number of phenols is 1. The molecule has 42 heavy (non-hydrogen) atoms. The molecule has 1 aromatic heterocycles. The Kier molecular flexibility index (Phi) is 8.99. The Hall–Kier alpha value is -4.89. The smallest absolute Gasteiger partial charge is 0.313 e. The number of nitrogens with zero attached hydrogens (tertiary/aromatic N) is 2. The average molecular weight is 583 g/mol. The molecule has 5 aromatic rings. The van der Waals surface area contributed by atoms with Crippen molar-refractivity contribution in [2.24, 2.45) is 5.16 Å². The number of aromatic hydroxyl groups is 1. The van der Waals surface area contributed by atoms with Gasteiger partial charge in [-0.25, -0.2) is 0 Å². The molecule has 8 nitrogen and oxygen atoms in total. The highest BCUT2D eigenvalue weighted by Crippen LogP contribution is 2.30. The van der Waals surface area contributed by atoms with E-state index in [2.05, 4.69) is 5.16 Å². The minimum atomic E-state index is -0.633. The van der Waals surface area contributed by atoms with E-state index in [4.69, 9.17) is 14.3 Å². The fourth-order valence-corrected chi connectivity index (χ4v) is 5.80. The number of fused-ring (bicyclic) bond motifs is 1. The molecule has 1 N–H and O–H groups in total. The number of para-hydroxylation sites is 1. The lowest BCUT2D eigenvalue weighted by atomic mass is 9.91. The number of rotatable bonds is 11. The number of hydrogen-bond donors (Lipinski definition) is 1. The predicted octanol–water partition coefficient (Wildman–Crippen LogP) is 5.75. The van der Waals surface area contributed by atoms with E-state index in [1.807, 2.05) is 72.8 Å².